The summed E-state index contributed by atoms with van der Waals surface area (Å²) in [7, 11) is 0. The third-order valence-electron chi connectivity index (χ3n) is 2.60. The maximum absolute atomic E-state index is 6.18. The SMILES string of the molecule is CC(N)C(N)(CCCN)CCCN. The van der Waals surface area contributed by atoms with E-state index in [9.17, 15) is 0 Å². The van der Waals surface area contributed by atoms with Gasteiger partial charge in [-0.1, -0.05) is 0 Å². The summed E-state index contributed by atoms with van der Waals surface area (Å²) >= 11 is 0. The van der Waals surface area contributed by atoms with Crippen molar-refractivity contribution in [1.82, 2.24) is 0 Å². The van der Waals surface area contributed by atoms with Crippen molar-refractivity contribution in [3.63, 3.8) is 0 Å². The van der Waals surface area contributed by atoms with Crippen molar-refractivity contribution in [2.45, 2.75) is 44.2 Å². The normalized spacial score (nSPS) is 14.5. The molecule has 0 saturated carbocycles. The van der Waals surface area contributed by atoms with Crippen molar-refractivity contribution in [1.29, 1.82) is 0 Å². The Labute approximate surface area is 81.0 Å². The zero-order chi connectivity index (χ0) is 10.3. The highest BCUT2D eigenvalue weighted by molar-refractivity contribution is 4.91. The Balaban J connectivity index is 4.00. The molecule has 0 heterocycles. The summed E-state index contributed by atoms with van der Waals surface area (Å²) in [6.45, 7) is 3.30. The van der Waals surface area contributed by atoms with E-state index in [0.29, 0.717) is 13.1 Å². The second-order valence-corrected chi connectivity index (χ2v) is 3.81. The van der Waals surface area contributed by atoms with Gasteiger partial charge in [0, 0.05) is 11.6 Å². The lowest BCUT2D eigenvalue weighted by Gasteiger charge is -2.33. The van der Waals surface area contributed by atoms with E-state index >= 15 is 0 Å². The van der Waals surface area contributed by atoms with Crippen molar-refractivity contribution < 1.29 is 0 Å². The maximum Gasteiger partial charge on any atom is 0.0306 e. The molecule has 1 atom stereocenters. The Hall–Kier alpha value is -0.160. The number of rotatable bonds is 7. The molecule has 0 fully saturated rings. The molecular weight excluding hydrogens is 164 g/mol. The summed E-state index contributed by atoms with van der Waals surface area (Å²) in [5.41, 5.74) is 22.6. The maximum atomic E-state index is 6.18. The van der Waals surface area contributed by atoms with Gasteiger partial charge in [0.15, 0.2) is 0 Å². The van der Waals surface area contributed by atoms with Gasteiger partial charge in [-0.15, -0.1) is 0 Å². The van der Waals surface area contributed by atoms with Crippen LogP contribution in [0.2, 0.25) is 0 Å². The van der Waals surface area contributed by atoms with E-state index in [4.69, 9.17) is 22.9 Å². The first kappa shape index (κ1) is 12.8. The Morgan fingerprint density at radius 3 is 1.69 bits per heavy atom. The highest BCUT2D eigenvalue weighted by Gasteiger charge is 2.27. The molecule has 0 spiro atoms. The highest BCUT2D eigenvalue weighted by Crippen LogP contribution is 2.18. The lowest BCUT2D eigenvalue weighted by molar-refractivity contribution is 0.301. The molecule has 0 bridgehead atoms. The van der Waals surface area contributed by atoms with Gasteiger partial charge < -0.3 is 22.9 Å². The molecule has 0 aliphatic heterocycles. The minimum Gasteiger partial charge on any atom is -0.330 e. The second kappa shape index (κ2) is 6.32. The minimum absolute atomic E-state index is 0.00519. The molecule has 80 valence electrons. The average Bonchev–Trinajstić information content (AvgIpc) is 2.11. The van der Waals surface area contributed by atoms with Crippen LogP contribution in [-0.4, -0.2) is 24.7 Å². The largest absolute Gasteiger partial charge is 0.330 e. The fourth-order valence-electron chi connectivity index (χ4n) is 1.44. The molecule has 13 heavy (non-hydrogen) atoms. The Morgan fingerprint density at radius 1 is 1.08 bits per heavy atom. The van der Waals surface area contributed by atoms with Gasteiger partial charge >= 0.3 is 0 Å². The monoisotopic (exact) mass is 188 g/mol. The summed E-state index contributed by atoms with van der Waals surface area (Å²) in [6, 6.07) is 0.00519. The molecule has 0 aliphatic carbocycles. The fourth-order valence-corrected chi connectivity index (χ4v) is 1.44. The van der Waals surface area contributed by atoms with E-state index in [-0.39, 0.29) is 11.6 Å². The third kappa shape index (κ3) is 4.57. The predicted octanol–water partition coefficient (Wildman–Crippen LogP) is -0.491. The van der Waals surface area contributed by atoms with Crippen LogP contribution in [0.25, 0.3) is 0 Å². The van der Waals surface area contributed by atoms with Crippen molar-refractivity contribution in [2.24, 2.45) is 22.9 Å². The van der Waals surface area contributed by atoms with Crippen LogP contribution in [0.4, 0.5) is 0 Å². The third-order valence-corrected chi connectivity index (χ3v) is 2.60. The van der Waals surface area contributed by atoms with E-state index in [1.807, 2.05) is 6.92 Å². The van der Waals surface area contributed by atoms with Crippen molar-refractivity contribution in [3.05, 3.63) is 0 Å². The summed E-state index contributed by atoms with van der Waals surface area (Å²) in [5, 5.41) is 0. The minimum atomic E-state index is -0.279. The quantitative estimate of drug-likeness (QED) is 0.432. The van der Waals surface area contributed by atoms with Crippen LogP contribution in [0.3, 0.4) is 0 Å². The molecule has 4 heteroatoms. The number of nitrogens with two attached hydrogens (primary N) is 4. The molecule has 0 aromatic carbocycles. The van der Waals surface area contributed by atoms with Crippen LogP contribution in [0.5, 0.6) is 0 Å². The van der Waals surface area contributed by atoms with Gasteiger partial charge in [-0.25, -0.2) is 0 Å². The zero-order valence-corrected chi connectivity index (χ0v) is 8.63. The predicted molar refractivity (Wildman–Crippen MR) is 57.1 cm³/mol. The molecule has 0 aliphatic rings. The molecule has 0 saturated heterocycles. The van der Waals surface area contributed by atoms with Gasteiger partial charge in [0.2, 0.25) is 0 Å². The topological polar surface area (TPSA) is 104 Å². The first-order valence-corrected chi connectivity index (χ1v) is 5.01. The van der Waals surface area contributed by atoms with E-state index in [1.54, 1.807) is 0 Å². The van der Waals surface area contributed by atoms with Crippen molar-refractivity contribution >= 4 is 0 Å². The molecular formula is C9H24N4. The molecule has 1 unspecified atom stereocenters. The van der Waals surface area contributed by atoms with Gasteiger partial charge in [-0.3, -0.25) is 0 Å². The summed E-state index contributed by atoms with van der Waals surface area (Å²) in [4.78, 5) is 0. The number of hydrogen-bond acceptors (Lipinski definition) is 4. The van der Waals surface area contributed by atoms with Crippen LogP contribution >= 0.6 is 0 Å². The first-order valence-electron chi connectivity index (χ1n) is 5.01. The van der Waals surface area contributed by atoms with Gasteiger partial charge in [0.05, 0.1) is 0 Å². The summed E-state index contributed by atoms with van der Waals surface area (Å²) in [6.07, 6.45) is 3.65. The van der Waals surface area contributed by atoms with E-state index in [0.717, 1.165) is 25.7 Å². The van der Waals surface area contributed by atoms with Crippen molar-refractivity contribution in [2.75, 3.05) is 13.1 Å². The van der Waals surface area contributed by atoms with Crippen LogP contribution in [0, 0.1) is 0 Å². The Morgan fingerprint density at radius 2 is 1.46 bits per heavy atom. The summed E-state index contributed by atoms with van der Waals surface area (Å²) < 4.78 is 0. The zero-order valence-electron chi connectivity index (χ0n) is 8.63. The van der Waals surface area contributed by atoms with Crippen LogP contribution < -0.4 is 22.9 Å². The molecule has 0 aromatic rings. The Kier molecular flexibility index (Phi) is 6.24. The smallest absolute Gasteiger partial charge is 0.0306 e. The lowest BCUT2D eigenvalue weighted by atomic mass is 9.83. The average molecular weight is 188 g/mol. The van der Waals surface area contributed by atoms with Gasteiger partial charge in [-0.05, 0) is 45.7 Å². The first-order chi connectivity index (χ1) is 6.06. The van der Waals surface area contributed by atoms with E-state index in [1.165, 1.54) is 0 Å². The number of hydrogen-bond donors (Lipinski definition) is 4. The molecule has 0 rings (SSSR count). The van der Waals surface area contributed by atoms with Gasteiger partial charge in [0.25, 0.3) is 0 Å². The molecule has 8 N–H and O–H groups in total. The second-order valence-electron chi connectivity index (χ2n) is 3.81. The lowest BCUT2D eigenvalue weighted by Crippen LogP contribution is -2.54. The van der Waals surface area contributed by atoms with Crippen molar-refractivity contribution in [3.8, 4) is 0 Å². The Bertz CT molecular complexity index is 117. The van der Waals surface area contributed by atoms with Gasteiger partial charge in [-0.2, -0.15) is 0 Å². The van der Waals surface area contributed by atoms with Crippen LogP contribution in [-0.2, 0) is 0 Å². The van der Waals surface area contributed by atoms with Gasteiger partial charge in [0.1, 0.15) is 0 Å². The molecule has 0 aromatic heterocycles. The van der Waals surface area contributed by atoms with Crippen LogP contribution in [0.15, 0.2) is 0 Å². The highest BCUT2D eigenvalue weighted by atomic mass is 14.8. The summed E-state index contributed by atoms with van der Waals surface area (Å²) in [5.74, 6) is 0. The standard InChI is InChI=1S/C9H24N4/c1-8(12)9(13,4-2-6-10)5-3-7-11/h8H,2-7,10-13H2,1H3. The van der Waals surface area contributed by atoms with E-state index < -0.39 is 0 Å². The molecule has 4 nitrogen and oxygen atoms in total. The molecule has 0 radical (unpaired) electrons. The molecule has 0 amide bonds. The van der Waals surface area contributed by atoms with Crippen LogP contribution in [0.1, 0.15) is 32.6 Å². The fraction of sp³-hybridized carbons (Fsp3) is 1.00. The van der Waals surface area contributed by atoms with E-state index in [2.05, 4.69) is 0 Å².